The Bertz CT molecular complexity index is 536. The first-order valence-electron chi connectivity index (χ1n) is 6.64. The summed E-state index contributed by atoms with van der Waals surface area (Å²) in [7, 11) is 0. The molecule has 1 aromatic rings. The van der Waals surface area contributed by atoms with Gasteiger partial charge in [0.2, 0.25) is 0 Å². The van der Waals surface area contributed by atoms with Crippen LogP contribution < -0.4 is 10.9 Å². The second kappa shape index (κ2) is 5.90. The first-order valence-corrected chi connectivity index (χ1v) is 6.64. The van der Waals surface area contributed by atoms with Gasteiger partial charge in [0.05, 0.1) is 11.0 Å². The van der Waals surface area contributed by atoms with Gasteiger partial charge in [-0.25, -0.2) is 4.79 Å². The summed E-state index contributed by atoms with van der Waals surface area (Å²) in [4.78, 5) is 34.2. The maximum atomic E-state index is 11.9. The molecule has 0 aliphatic heterocycles. The maximum Gasteiger partial charge on any atom is 0.335 e. The van der Waals surface area contributed by atoms with E-state index in [0.717, 1.165) is 31.6 Å². The number of hydrogen-bond acceptors (Lipinski definition) is 4. The lowest BCUT2D eigenvalue weighted by molar-refractivity contribution is -0.150. The number of carboxylic acid groups (broad SMARTS) is 1. The summed E-state index contributed by atoms with van der Waals surface area (Å²) in [6.45, 7) is 0.0975. The molecule has 0 radical (unpaired) electrons. The van der Waals surface area contributed by atoms with E-state index in [1.54, 1.807) is 0 Å². The largest absolute Gasteiger partial charge is 0.481 e. The summed E-state index contributed by atoms with van der Waals surface area (Å²) < 4.78 is 4.61. The van der Waals surface area contributed by atoms with Crippen LogP contribution in [0.3, 0.4) is 0 Å². The third kappa shape index (κ3) is 3.07. The van der Waals surface area contributed by atoms with Crippen molar-refractivity contribution in [2.45, 2.75) is 32.1 Å². The highest BCUT2D eigenvalue weighted by Crippen LogP contribution is 2.36. The lowest BCUT2D eigenvalue weighted by Crippen LogP contribution is -2.44. The van der Waals surface area contributed by atoms with Crippen LogP contribution >= 0.6 is 0 Å². The molecule has 2 N–H and O–H groups in total. The number of carbonyl (C=O) groups is 2. The Labute approximate surface area is 115 Å². The zero-order valence-electron chi connectivity index (χ0n) is 11.1. The van der Waals surface area contributed by atoms with Crippen molar-refractivity contribution in [1.82, 2.24) is 5.32 Å². The van der Waals surface area contributed by atoms with Crippen molar-refractivity contribution >= 4 is 11.9 Å². The van der Waals surface area contributed by atoms with Crippen molar-refractivity contribution in [3.63, 3.8) is 0 Å². The second-order valence-corrected chi connectivity index (χ2v) is 5.17. The van der Waals surface area contributed by atoms with Gasteiger partial charge in [-0.2, -0.15) is 0 Å². The van der Waals surface area contributed by atoms with Crippen molar-refractivity contribution in [2.75, 3.05) is 6.54 Å². The van der Waals surface area contributed by atoms with Crippen LogP contribution in [-0.2, 0) is 4.79 Å². The molecule has 0 bridgehead atoms. The number of rotatable bonds is 4. The summed E-state index contributed by atoms with van der Waals surface area (Å²) in [5.74, 6) is -1.29. The van der Waals surface area contributed by atoms with Crippen molar-refractivity contribution < 1.29 is 19.1 Å². The molecule has 1 aliphatic rings. The molecule has 1 amide bonds. The minimum absolute atomic E-state index is 0.0975. The van der Waals surface area contributed by atoms with Crippen LogP contribution in [-0.4, -0.2) is 23.5 Å². The third-order valence-electron chi connectivity index (χ3n) is 3.81. The molecular formula is C14H17NO5. The molecule has 1 heterocycles. The first-order chi connectivity index (χ1) is 9.53. The van der Waals surface area contributed by atoms with Crippen LogP contribution in [0.15, 0.2) is 27.6 Å². The molecule has 6 nitrogen and oxygen atoms in total. The van der Waals surface area contributed by atoms with Crippen LogP contribution in [0.1, 0.15) is 42.5 Å². The fourth-order valence-corrected chi connectivity index (χ4v) is 2.53. The van der Waals surface area contributed by atoms with Crippen molar-refractivity contribution in [3.8, 4) is 0 Å². The highest BCUT2D eigenvalue weighted by Gasteiger charge is 2.39. The van der Waals surface area contributed by atoms with E-state index in [0.29, 0.717) is 12.8 Å². The van der Waals surface area contributed by atoms with E-state index >= 15 is 0 Å². The average molecular weight is 279 g/mol. The molecular weight excluding hydrogens is 262 g/mol. The van der Waals surface area contributed by atoms with Gasteiger partial charge in [-0.3, -0.25) is 9.59 Å². The number of carboxylic acids is 1. The summed E-state index contributed by atoms with van der Waals surface area (Å²) >= 11 is 0. The van der Waals surface area contributed by atoms with Crippen LogP contribution in [0.2, 0.25) is 0 Å². The van der Waals surface area contributed by atoms with Gasteiger partial charge in [0, 0.05) is 12.6 Å². The second-order valence-electron chi connectivity index (χ2n) is 5.17. The van der Waals surface area contributed by atoms with Gasteiger partial charge in [-0.1, -0.05) is 19.3 Å². The smallest absolute Gasteiger partial charge is 0.335 e. The van der Waals surface area contributed by atoms with Crippen molar-refractivity contribution in [1.29, 1.82) is 0 Å². The molecule has 1 fully saturated rings. The van der Waals surface area contributed by atoms with E-state index in [1.165, 1.54) is 6.07 Å². The molecule has 0 aromatic carbocycles. The van der Waals surface area contributed by atoms with Crippen LogP contribution in [0.25, 0.3) is 0 Å². The molecule has 0 atom stereocenters. The minimum Gasteiger partial charge on any atom is -0.481 e. The van der Waals surface area contributed by atoms with E-state index < -0.39 is 22.9 Å². The monoisotopic (exact) mass is 279 g/mol. The van der Waals surface area contributed by atoms with Gasteiger partial charge >= 0.3 is 11.6 Å². The molecule has 20 heavy (non-hydrogen) atoms. The molecule has 1 aromatic heterocycles. The van der Waals surface area contributed by atoms with Gasteiger partial charge in [0.25, 0.3) is 5.91 Å². The molecule has 0 saturated heterocycles. The Hall–Kier alpha value is -2.11. The number of carbonyl (C=O) groups excluding carboxylic acids is 1. The maximum absolute atomic E-state index is 11.9. The molecule has 2 rings (SSSR count). The molecule has 1 aliphatic carbocycles. The molecule has 0 unspecified atom stereocenters. The normalized spacial score (nSPS) is 17.4. The molecule has 1 saturated carbocycles. The predicted molar refractivity (Wildman–Crippen MR) is 70.5 cm³/mol. The van der Waals surface area contributed by atoms with E-state index in [4.69, 9.17) is 0 Å². The number of aliphatic carboxylic acids is 1. The quantitative estimate of drug-likeness (QED) is 0.868. The first kappa shape index (κ1) is 14.3. The number of nitrogens with one attached hydrogen (secondary N) is 1. The van der Waals surface area contributed by atoms with Crippen LogP contribution in [0, 0.1) is 5.41 Å². The summed E-state index contributed by atoms with van der Waals surface area (Å²) in [5, 5.41) is 12.0. The fraction of sp³-hybridized carbons (Fsp3) is 0.500. The van der Waals surface area contributed by atoms with Gasteiger partial charge in [-0.15, -0.1) is 0 Å². The Morgan fingerprint density at radius 1 is 1.25 bits per heavy atom. The van der Waals surface area contributed by atoms with Crippen LogP contribution in [0.4, 0.5) is 0 Å². The van der Waals surface area contributed by atoms with E-state index in [2.05, 4.69) is 9.73 Å². The fourth-order valence-electron chi connectivity index (χ4n) is 2.53. The topological polar surface area (TPSA) is 96.6 Å². The standard InChI is InChI=1S/C14H17NO5/c16-11-5-4-10(8-20-11)12(17)15-9-14(13(18)19)6-2-1-3-7-14/h4-5,8H,1-3,6-7,9H2,(H,15,17)(H,18,19). The van der Waals surface area contributed by atoms with E-state index in [-0.39, 0.29) is 12.1 Å². The Morgan fingerprint density at radius 2 is 1.95 bits per heavy atom. The van der Waals surface area contributed by atoms with E-state index in [9.17, 15) is 19.5 Å². The lowest BCUT2D eigenvalue weighted by atomic mass is 9.74. The van der Waals surface area contributed by atoms with Gasteiger partial charge in [0.15, 0.2) is 0 Å². The summed E-state index contributed by atoms with van der Waals surface area (Å²) in [6.07, 6.45) is 4.99. The van der Waals surface area contributed by atoms with Gasteiger partial charge in [0.1, 0.15) is 6.26 Å². The zero-order chi connectivity index (χ0) is 14.6. The third-order valence-corrected chi connectivity index (χ3v) is 3.81. The van der Waals surface area contributed by atoms with Gasteiger partial charge in [-0.05, 0) is 18.9 Å². The van der Waals surface area contributed by atoms with E-state index in [1.807, 2.05) is 0 Å². The molecule has 0 spiro atoms. The average Bonchev–Trinajstić information content (AvgIpc) is 2.46. The van der Waals surface area contributed by atoms with Crippen molar-refractivity contribution in [2.24, 2.45) is 5.41 Å². The molecule has 6 heteroatoms. The SMILES string of the molecule is O=C(NCC1(C(=O)O)CCCCC1)c1ccc(=O)oc1. The Balaban J connectivity index is 2.02. The highest BCUT2D eigenvalue weighted by atomic mass is 16.4. The Morgan fingerprint density at radius 3 is 2.50 bits per heavy atom. The summed E-state index contributed by atoms with van der Waals surface area (Å²) in [6, 6.07) is 2.51. The minimum atomic E-state index is -0.872. The van der Waals surface area contributed by atoms with Gasteiger partial charge < -0.3 is 14.8 Å². The zero-order valence-corrected chi connectivity index (χ0v) is 11.1. The lowest BCUT2D eigenvalue weighted by Gasteiger charge is -2.33. The predicted octanol–water partition coefficient (Wildman–Crippen LogP) is 1.40. The highest BCUT2D eigenvalue weighted by molar-refractivity contribution is 5.94. The van der Waals surface area contributed by atoms with Crippen molar-refractivity contribution in [3.05, 3.63) is 34.4 Å². The Kier molecular flexibility index (Phi) is 4.22. The molecule has 108 valence electrons. The summed E-state index contributed by atoms with van der Waals surface area (Å²) in [5.41, 5.74) is -1.19. The number of hydrogen-bond donors (Lipinski definition) is 2. The van der Waals surface area contributed by atoms with Crippen LogP contribution in [0.5, 0.6) is 0 Å². The number of amides is 1.